The monoisotopic (exact) mass is 313 g/mol. The van der Waals surface area contributed by atoms with Gasteiger partial charge in [0.1, 0.15) is 0 Å². The number of amides is 1. The van der Waals surface area contributed by atoms with Gasteiger partial charge in [-0.05, 0) is 50.4 Å². The summed E-state index contributed by atoms with van der Waals surface area (Å²) in [5.74, 6) is 0.188. The number of aryl methyl sites for hydroxylation is 1. The van der Waals surface area contributed by atoms with E-state index in [1.807, 2.05) is 6.07 Å². The lowest BCUT2D eigenvalue weighted by molar-refractivity contribution is -0.121. The topological polar surface area (TPSA) is 48.1 Å². The van der Waals surface area contributed by atoms with Crippen LogP contribution in [0.15, 0.2) is 30.5 Å². The maximum absolute atomic E-state index is 12.0. The van der Waals surface area contributed by atoms with Crippen LogP contribution in [0.3, 0.4) is 0 Å². The second-order valence-electron chi connectivity index (χ2n) is 6.44. The number of carbonyl (C=O) groups is 1. The Balaban J connectivity index is 1.41. The number of carbonyl (C=O) groups excluding carboxylic acids is 1. The molecule has 124 valence electrons. The smallest absolute Gasteiger partial charge is 0.220 e. The zero-order valence-electron chi connectivity index (χ0n) is 14.0. The van der Waals surface area contributed by atoms with Crippen LogP contribution in [0.25, 0.3) is 10.9 Å². The van der Waals surface area contributed by atoms with Gasteiger partial charge in [0.25, 0.3) is 0 Å². The average Bonchev–Trinajstić information content (AvgIpc) is 3.19. The van der Waals surface area contributed by atoms with Crippen molar-refractivity contribution in [3.8, 4) is 0 Å². The Morgan fingerprint density at radius 2 is 2.26 bits per heavy atom. The van der Waals surface area contributed by atoms with Crippen molar-refractivity contribution in [1.29, 1.82) is 0 Å². The van der Waals surface area contributed by atoms with Crippen molar-refractivity contribution in [1.82, 2.24) is 15.2 Å². The van der Waals surface area contributed by atoms with Gasteiger partial charge < -0.3 is 10.3 Å². The highest BCUT2D eigenvalue weighted by Crippen LogP contribution is 2.19. The number of rotatable bonds is 7. The first-order valence-corrected chi connectivity index (χ1v) is 8.83. The summed E-state index contributed by atoms with van der Waals surface area (Å²) >= 11 is 0. The van der Waals surface area contributed by atoms with Crippen LogP contribution in [0.1, 0.15) is 38.2 Å². The molecule has 1 aliphatic rings. The number of aromatic amines is 1. The maximum Gasteiger partial charge on any atom is 0.220 e. The molecule has 0 saturated carbocycles. The van der Waals surface area contributed by atoms with Gasteiger partial charge in [-0.25, -0.2) is 0 Å². The van der Waals surface area contributed by atoms with Crippen molar-refractivity contribution in [2.45, 2.75) is 45.1 Å². The predicted octanol–water partition coefficient (Wildman–Crippen LogP) is 3.09. The van der Waals surface area contributed by atoms with E-state index < -0.39 is 0 Å². The standard InChI is InChI=1S/C19H27N3O/c1-2-22-12-6-8-16(22)14-21-19(23)11-5-7-15-13-20-18-10-4-3-9-17(15)18/h3-4,9-10,13,16,20H,2,5-8,11-12,14H2,1H3,(H,21,23). The summed E-state index contributed by atoms with van der Waals surface area (Å²) in [4.78, 5) is 17.8. The zero-order valence-corrected chi connectivity index (χ0v) is 14.0. The molecule has 4 heteroatoms. The molecular formula is C19H27N3O. The van der Waals surface area contributed by atoms with Crippen LogP contribution < -0.4 is 5.32 Å². The number of likely N-dealkylation sites (tertiary alicyclic amines) is 1. The third-order valence-electron chi connectivity index (χ3n) is 4.96. The van der Waals surface area contributed by atoms with Gasteiger partial charge in [-0.1, -0.05) is 25.1 Å². The molecule has 1 saturated heterocycles. The fourth-order valence-corrected chi connectivity index (χ4v) is 3.64. The number of benzene rings is 1. The largest absolute Gasteiger partial charge is 0.361 e. The fourth-order valence-electron chi connectivity index (χ4n) is 3.64. The number of para-hydroxylation sites is 1. The van der Waals surface area contributed by atoms with Crippen molar-refractivity contribution in [3.05, 3.63) is 36.0 Å². The number of likely N-dealkylation sites (N-methyl/N-ethyl adjacent to an activating group) is 1. The molecule has 1 amide bonds. The number of hydrogen-bond donors (Lipinski definition) is 2. The van der Waals surface area contributed by atoms with E-state index in [1.54, 1.807) is 0 Å². The van der Waals surface area contributed by atoms with Gasteiger partial charge in [-0.2, -0.15) is 0 Å². The van der Waals surface area contributed by atoms with Crippen molar-refractivity contribution in [2.24, 2.45) is 0 Å². The molecule has 1 aromatic carbocycles. The van der Waals surface area contributed by atoms with Crippen LogP contribution in [0.4, 0.5) is 0 Å². The molecule has 0 aliphatic carbocycles. The van der Waals surface area contributed by atoms with E-state index in [2.05, 4.69) is 46.5 Å². The minimum atomic E-state index is 0.188. The molecular weight excluding hydrogens is 286 g/mol. The van der Waals surface area contributed by atoms with Gasteiger partial charge in [0.15, 0.2) is 0 Å². The lowest BCUT2D eigenvalue weighted by Gasteiger charge is -2.22. The predicted molar refractivity (Wildman–Crippen MR) is 94.5 cm³/mol. The Hall–Kier alpha value is -1.81. The highest BCUT2D eigenvalue weighted by molar-refractivity contribution is 5.83. The summed E-state index contributed by atoms with van der Waals surface area (Å²) in [6.07, 6.45) is 6.99. The third-order valence-corrected chi connectivity index (χ3v) is 4.96. The minimum absolute atomic E-state index is 0.188. The van der Waals surface area contributed by atoms with E-state index >= 15 is 0 Å². The normalized spacial score (nSPS) is 18.6. The Bertz CT molecular complexity index is 649. The van der Waals surface area contributed by atoms with Crippen molar-refractivity contribution in [2.75, 3.05) is 19.6 Å². The molecule has 4 nitrogen and oxygen atoms in total. The number of aromatic nitrogens is 1. The van der Waals surface area contributed by atoms with Crippen LogP contribution in [0.5, 0.6) is 0 Å². The summed E-state index contributed by atoms with van der Waals surface area (Å²) in [5, 5.41) is 4.39. The minimum Gasteiger partial charge on any atom is -0.361 e. The summed E-state index contributed by atoms with van der Waals surface area (Å²) in [7, 11) is 0. The molecule has 2 heterocycles. The van der Waals surface area contributed by atoms with Gasteiger partial charge in [0.2, 0.25) is 5.91 Å². The zero-order chi connectivity index (χ0) is 16.1. The van der Waals surface area contributed by atoms with E-state index in [1.165, 1.54) is 35.9 Å². The number of nitrogens with zero attached hydrogens (tertiary/aromatic N) is 1. The number of nitrogens with one attached hydrogen (secondary N) is 2. The number of hydrogen-bond acceptors (Lipinski definition) is 2. The number of H-pyrrole nitrogens is 1. The summed E-state index contributed by atoms with van der Waals surface area (Å²) in [6, 6.07) is 8.87. The summed E-state index contributed by atoms with van der Waals surface area (Å²) in [5.41, 5.74) is 2.48. The van der Waals surface area contributed by atoms with Crippen LogP contribution in [-0.4, -0.2) is 41.5 Å². The molecule has 1 atom stereocenters. The van der Waals surface area contributed by atoms with Crippen LogP contribution in [0.2, 0.25) is 0 Å². The molecule has 1 aromatic heterocycles. The first-order chi connectivity index (χ1) is 11.3. The molecule has 1 fully saturated rings. The Kier molecular flexibility index (Phi) is 5.34. The van der Waals surface area contributed by atoms with Gasteiger partial charge in [-0.15, -0.1) is 0 Å². The molecule has 1 unspecified atom stereocenters. The van der Waals surface area contributed by atoms with Crippen molar-refractivity contribution < 1.29 is 4.79 Å². The average molecular weight is 313 g/mol. The first kappa shape index (κ1) is 16.1. The molecule has 2 aromatic rings. The highest BCUT2D eigenvalue weighted by Gasteiger charge is 2.22. The first-order valence-electron chi connectivity index (χ1n) is 8.83. The second kappa shape index (κ2) is 7.64. The van der Waals surface area contributed by atoms with E-state index in [-0.39, 0.29) is 5.91 Å². The Labute approximate surface area is 138 Å². The van der Waals surface area contributed by atoms with E-state index in [9.17, 15) is 4.79 Å². The SMILES string of the molecule is CCN1CCCC1CNC(=O)CCCc1c[nH]c2ccccc12. The van der Waals surface area contributed by atoms with E-state index in [0.717, 1.165) is 25.9 Å². The maximum atomic E-state index is 12.0. The van der Waals surface area contributed by atoms with Gasteiger partial charge in [0.05, 0.1) is 0 Å². The lowest BCUT2D eigenvalue weighted by atomic mass is 10.1. The van der Waals surface area contributed by atoms with Crippen LogP contribution in [0, 0.1) is 0 Å². The summed E-state index contributed by atoms with van der Waals surface area (Å²) < 4.78 is 0. The van der Waals surface area contributed by atoms with Crippen LogP contribution in [-0.2, 0) is 11.2 Å². The van der Waals surface area contributed by atoms with Crippen molar-refractivity contribution >= 4 is 16.8 Å². The lowest BCUT2D eigenvalue weighted by Crippen LogP contribution is -2.39. The molecule has 0 radical (unpaired) electrons. The van der Waals surface area contributed by atoms with Crippen LogP contribution >= 0.6 is 0 Å². The van der Waals surface area contributed by atoms with Gasteiger partial charge in [0, 0.05) is 36.1 Å². The summed E-state index contributed by atoms with van der Waals surface area (Å²) in [6.45, 7) is 5.26. The van der Waals surface area contributed by atoms with Gasteiger partial charge >= 0.3 is 0 Å². The fraction of sp³-hybridized carbons (Fsp3) is 0.526. The molecule has 0 spiro atoms. The Morgan fingerprint density at radius 3 is 3.13 bits per heavy atom. The second-order valence-corrected chi connectivity index (χ2v) is 6.44. The van der Waals surface area contributed by atoms with Crippen molar-refractivity contribution in [3.63, 3.8) is 0 Å². The highest BCUT2D eigenvalue weighted by atomic mass is 16.1. The van der Waals surface area contributed by atoms with Gasteiger partial charge in [-0.3, -0.25) is 9.69 Å². The molecule has 2 N–H and O–H groups in total. The molecule has 3 rings (SSSR count). The third kappa shape index (κ3) is 3.94. The number of fused-ring (bicyclic) bond motifs is 1. The molecule has 1 aliphatic heterocycles. The quantitative estimate of drug-likeness (QED) is 0.825. The van der Waals surface area contributed by atoms with E-state index in [4.69, 9.17) is 0 Å². The Morgan fingerprint density at radius 1 is 1.39 bits per heavy atom. The molecule has 23 heavy (non-hydrogen) atoms. The van der Waals surface area contributed by atoms with E-state index in [0.29, 0.717) is 12.5 Å². The molecule has 0 bridgehead atoms.